The first-order valence-electron chi connectivity index (χ1n) is 13.9. The van der Waals surface area contributed by atoms with Crippen molar-refractivity contribution in [1.29, 1.82) is 0 Å². The lowest BCUT2D eigenvalue weighted by molar-refractivity contribution is -0.131. The molecule has 14 heteroatoms. The standard InChI is InChI=1S/C28H37N7O6S/c1-17(2)24-27(38)31-21(14-19-10-6-5-7-11-19)28-32-22(16-41-28)25(36)29-13-9-8-12-20(26(37)33-24)34-42(39,40)23-15-30-35(4)18(23)3/h5-7,10-11,15-17,20-21,24,34H,8-9,12-14H2,1-4H3,(H,29,36)(H,31,38)(H,33,37)/t20-,21+,24-/m0/s1. The number of rotatable bonds is 6. The van der Waals surface area contributed by atoms with Crippen LogP contribution in [0.4, 0.5) is 0 Å². The van der Waals surface area contributed by atoms with Gasteiger partial charge in [0.25, 0.3) is 5.91 Å². The van der Waals surface area contributed by atoms with Crippen molar-refractivity contribution >= 4 is 27.7 Å². The molecule has 1 aliphatic rings. The van der Waals surface area contributed by atoms with E-state index in [9.17, 15) is 22.8 Å². The van der Waals surface area contributed by atoms with Crippen LogP contribution in [0, 0.1) is 12.8 Å². The van der Waals surface area contributed by atoms with Gasteiger partial charge in [0, 0.05) is 20.0 Å². The molecule has 2 bridgehead atoms. The Balaban J connectivity index is 1.63. The minimum Gasteiger partial charge on any atom is -0.446 e. The Labute approximate surface area is 244 Å². The zero-order valence-corrected chi connectivity index (χ0v) is 24.9. The largest absolute Gasteiger partial charge is 0.446 e. The first-order chi connectivity index (χ1) is 20.0. The third kappa shape index (κ3) is 7.42. The van der Waals surface area contributed by atoms with Gasteiger partial charge in [0.1, 0.15) is 29.3 Å². The summed E-state index contributed by atoms with van der Waals surface area (Å²) < 4.78 is 36.1. The number of carbonyl (C=O) groups excluding carboxylic acids is 3. The molecule has 0 saturated carbocycles. The van der Waals surface area contributed by atoms with Crippen LogP contribution in [0.25, 0.3) is 0 Å². The van der Waals surface area contributed by atoms with Crippen LogP contribution in [-0.2, 0) is 33.1 Å². The van der Waals surface area contributed by atoms with E-state index in [1.54, 1.807) is 27.8 Å². The van der Waals surface area contributed by atoms with E-state index in [1.807, 2.05) is 30.3 Å². The maximum Gasteiger partial charge on any atom is 0.273 e. The van der Waals surface area contributed by atoms with Gasteiger partial charge < -0.3 is 20.4 Å². The van der Waals surface area contributed by atoms with Gasteiger partial charge in [-0.25, -0.2) is 13.4 Å². The number of hydrogen-bond acceptors (Lipinski definition) is 8. The molecule has 0 aliphatic carbocycles. The van der Waals surface area contributed by atoms with Gasteiger partial charge >= 0.3 is 0 Å². The number of aromatic nitrogens is 3. The number of amides is 3. The highest BCUT2D eigenvalue weighted by Crippen LogP contribution is 2.20. The SMILES string of the molecule is Cc1c(S(=O)(=O)N[C@H]2CCCCNC(=O)c3coc(n3)[C@@H](Cc3ccccc3)NC(=O)[C@H](C(C)C)NC2=O)cnn1C. The van der Waals surface area contributed by atoms with E-state index in [0.29, 0.717) is 25.0 Å². The normalized spacial score (nSPS) is 21.1. The van der Waals surface area contributed by atoms with Crippen molar-refractivity contribution < 1.29 is 27.2 Å². The van der Waals surface area contributed by atoms with E-state index in [0.717, 1.165) is 5.56 Å². The van der Waals surface area contributed by atoms with Crippen molar-refractivity contribution in [1.82, 2.24) is 35.4 Å². The second-order valence-corrected chi connectivity index (χ2v) is 12.4. The number of oxazole rings is 1. The zero-order chi connectivity index (χ0) is 30.4. The Kier molecular flexibility index (Phi) is 9.78. The number of sulfonamides is 1. The van der Waals surface area contributed by atoms with E-state index in [-0.39, 0.29) is 35.4 Å². The van der Waals surface area contributed by atoms with Crippen LogP contribution in [-0.4, -0.2) is 59.5 Å². The van der Waals surface area contributed by atoms with Gasteiger partial charge in [0.05, 0.1) is 11.9 Å². The highest BCUT2D eigenvalue weighted by molar-refractivity contribution is 7.89. The summed E-state index contributed by atoms with van der Waals surface area (Å²) in [5.74, 6) is -1.77. The minimum absolute atomic E-state index is 0.0383. The number of nitrogens with zero attached hydrogens (tertiary/aromatic N) is 3. The molecular weight excluding hydrogens is 562 g/mol. The molecule has 3 aromatic rings. The van der Waals surface area contributed by atoms with Crippen LogP contribution in [0.5, 0.6) is 0 Å². The van der Waals surface area contributed by atoms with Gasteiger partial charge in [-0.15, -0.1) is 0 Å². The first-order valence-corrected chi connectivity index (χ1v) is 15.3. The summed E-state index contributed by atoms with van der Waals surface area (Å²) in [7, 11) is -2.48. The molecule has 4 N–H and O–H groups in total. The quantitative estimate of drug-likeness (QED) is 0.329. The fourth-order valence-corrected chi connectivity index (χ4v) is 6.09. The average Bonchev–Trinajstić information content (AvgIpc) is 3.57. The van der Waals surface area contributed by atoms with Crippen LogP contribution in [0.15, 0.2) is 52.1 Å². The van der Waals surface area contributed by atoms with E-state index in [4.69, 9.17) is 4.42 Å². The highest BCUT2D eigenvalue weighted by atomic mass is 32.2. The second kappa shape index (κ2) is 13.3. The third-order valence-corrected chi connectivity index (χ3v) is 8.77. The molecule has 2 aromatic heterocycles. The van der Waals surface area contributed by atoms with Crippen molar-refractivity contribution in [3.05, 3.63) is 65.6 Å². The van der Waals surface area contributed by atoms with Gasteiger partial charge in [-0.05, 0) is 37.7 Å². The van der Waals surface area contributed by atoms with Crippen LogP contribution >= 0.6 is 0 Å². The third-order valence-electron chi connectivity index (χ3n) is 7.20. The summed E-state index contributed by atoms with van der Waals surface area (Å²) in [4.78, 5) is 44.2. The Bertz CT molecular complexity index is 1520. The van der Waals surface area contributed by atoms with Crippen molar-refractivity contribution in [3.63, 3.8) is 0 Å². The molecule has 1 aromatic carbocycles. The Morgan fingerprint density at radius 1 is 1.10 bits per heavy atom. The first kappa shape index (κ1) is 30.9. The summed E-state index contributed by atoms with van der Waals surface area (Å²) in [6, 6.07) is 6.50. The van der Waals surface area contributed by atoms with E-state index in [2.05, 4.69) is 30.8 Å². The molecule has 226 valence electrons. The number of benzene rings is 1. The van der Waals surface area contributed by atoms with Gasteiger partial charge in [-0.1, -0.05) is 44.2 Å². The van der Waals surface area contributed by atoms with Crippen LogP contribution in [0.3, 0.4) is 0 Å². The number of hydrogen-bond donors (Lipinski definition) is 4. The highest BCUT2D eigenvalue weighted by Gasteiger charge is 2.33. The second-order valence-electron chi connectivity index (χ2n) is 10.7. The van der Waals surface area contributed by atoms with E-state index >= 15 is 0 Å². The molecule has 3 atom stereocenters. The fraction of sp³-hybridized carbons (Fsp3) is 0.464. The zero-order valence-electron chi connectivity index (χ0n) is 24.1. The molecule has 0 spiro atoms. The number of nitrogens with one attached hydrogen (secondary N) is 4. The molecule has 0 radical (unpaired) electrons. The molecule has 0 fully saturated rings. The lowest BCUT2D eigenvalue weighted by atomic mass is 10.0. The number of aryl methyl sites for hydroxylation is 1. The molecule has 1 aliphatic heterocycles. The summed E-state index contributed by atoms with van der Waals surface area (Å²) in [5, 5.41) is 12.4. The molecule has 42 heavy (non-hydrogen) atoms. The van der Waals surface area contributed by atoms with E-state index < -0.39 is 45.9 Å². The molecule has 0 saturated heterocycles. The molecule has 13 nitrogen and oxygen atoms in total. The van der Waals surface area contributed by atoms with Gasteiger partial charge in [0.15, 0.2) is 5.69 Å². The molecular formula is C28H37N7O6S. The van der Waals surface area contributed by atoms with Crippen molar-refractivity contribution in [2.75, 3.05) is 6.54 Å². The summed E-state index contributed by atoms with van der Waals surface area (Å²) in [5.41, 5.74) is 1.39. The summed E-state index contributed by atoms with van der Waals surface area (Å²) in [6.07, 6.45) is 3.82. The fourth-order valence-electron chi connectivity index (χ4n) is 4.65. The Hall–Kier alpha value is -4.04. The van der Waals surface area contributed by atoms with Crippen LogP contribution in [0.2, 0.25) is 0 Å². The summed E-state index contributed by atoms with van der Waals surface area (Å²) in [6.45, 7) is 5.45. The minimum atomic E-state index is -4.11. The van der Waals surface area contributed by atoms with Crippen molar-refractivity contribution in [2.24, 2.45) is 13.0 Å². The monoisotopic (exact) mass is 599 g/mol. The Morgan fingerprint density at radius 3 is 2.50 bits per heavy atom. The van der Waals surface area contributed by atoms with Crippen LogP contribution < -0.4 is 20.7 Å². The lowest BCUT2D eigenvalue weighted by Crippen LogP contribution is -2.56. The molecule has 3 amide bonds. The predicted octanol–water partition coefficient (Wildman–Crippen LogP) is 1.52. The predicted molar refractivity (Wildman–Crippen MR) is 153 cm³/mol. The van der Waals surface area contributed by atoms with Gasteiger partial charge in [-0.3, -0.25) is 19.1 Å². The molecule has 4 rings (SSSR count). The van der Waals surface area contributed by atoms with Gasteiger partial charge in [-0.2, -0.15) is 9.82 Å². The maximum atomic E-state index is 13.6. The smallest absolute Gasteiger partial charge is 0.273 e. The van der Waals surface area contributed by atoms with Crippen molar-refractivity contribution in [3.8, 4) is 0 Å². The molecule has 3 heterocycles. The maximum absolute atomic E-state index is 13.6. The Morgan fingerprint density at radius 2 is 1.83 bits per heavy atom. The number of carbonyl (C=O) groups is 3. The van der Waals surface area contributed by atoms with Gasteiger partial charge in [0.2, 0.25) is 27.7 Å². The lowest BCUT2D eigenvalue weighted by Gasteiger charge is -2.27. The number of fused-ring (bicyclic) bond motifs is 2. The topological polar surface area (TPSA) is 177 Å². The summed E-state index contributed by atoms with van der Waals surface area (Å²) >= 11 is 0. The average molecular weight is 600 g/mol. The van der Waals surface area contributed by atoms with Crippen LogP contribution in [0.1, 0.15) is 66.8 Å². The van der Waals surface area contributed by atoms with E-state index in [1.165, 1.54) is 17.1 Å². The van der Waals surface area contributed by atoms with Crippen molar-refractivity contribution in [2.45, 2.75) is 69.5 Å². The molecule has 0 unspecified atom stereocenters.